The predicted octanol–water partition coefficient (Wildman–Crippen LogP) is 3.97. The van der Waals surface area contributed by atoms with Crippen LogP contribution in [0.5, 0.6) is 5.75 Å². The van der Waals surface area contributed by atoms with E-state index < -0.39 is 5.79 Å². The number of nitrogens with zero attached hydrogens (tertiary/aromatic N) is 1. The van der Waals surface area contributed by atoms with Gasteiger partial charge < -0.3 is 19.1 Å². The predicted molar refractivity (Wildman–Crippen MR) is 103 cm³/mol. The first-order chi connectivity index (χ1) is 13.0. The molecule has 2 heterocycles. The number of hydrogen-bond acceptors (Lipinski definition) is 4. The molecule has 1 amide bonds. The third kappa shape index (κ3) is 3.10. The molecule has 0 N–H and O–H groups in total. The van der Waals surface area contributed by atoms with Crippen LogP contribution in [0, 0.1) is 13.8 Å². The Balaban J connectivity index is 1.61. The first-order valence-corrected chi connectivity index (χ1v) is 9.49. The van der Waals surface area contributed by atoms with Gasteiger partial charge in [-0.15, -0.1) is 0 Å². The molecule has 0 aliphatic carbocycles. The Morgan fingerprint density at radius 3 is 2.44 bits per heavy atom. The summed E-state index contributed by atoms with van der Waals surface area (Å²) in [5.74, 6) is -0.773. The van der Waals surface area contributed by atoms with Gasteiger partial charge in [0.2, 0.25) is 0 Å². The smallest absolute Gasteiger partial charge is 0.292 e. The van der Waals surface area contributed by atoms with E-state index in [1.165, 1.54) is 0 Å². The van der Waals surface area contributed by atoms with E-state index >= 15 is 0 Å². The van der Waals surface area contributed by atoms with E-state index in [0.717, 1.165) is 28.8 Å². The minimum absolute atomic E-state index is 0.172. The van der Waals surface area contributed by atoms with E-state index in [-0.39, 0.29) is 5.91 Å². The van der Waals surface area contributed by atoms with Crippen LogP contribution in [0.1, 0.15) is 23.1 Å². The second kappa shape index (κ2) is 7.15. The molecular formula is C21H22ClNO4. The van der Waals surface area contributed by atoms with E-state index in [4.69, 9.17) is 25.8 Å². The van der Waals surface area contributed by atoms with Gasteiger partial charge in [0, 0.05) is 10.6 Å². The molecule has 0 saturated carbocycles. The summed E-state index contributed by atoms with van der Waals surface area (Å²) in [5, 5.41) is 0.658. The number of halogens is 1. The van der Waals surface area contributed by atoms with Crippen molar-refractivity contribution >= 4 is 23.2 Å². The second-order valence-electron chi connectivity index (χ2n) is 6.85. The Morgan fingerprint density at radius 1 is 1.07 bits per heavy atom. The van der Waals surface area contributed by atoms with Crippen molar-refractivity contribution in [2.45, 2.75) is 26.1 Å². The van der Waals surface area contributed by atoms with Crippen molar-refractivity contribution in [3.8, 4) is 5.75 Å². The molecule has 1 saturated heterocycles. The molecule has 2 aliphatic heterocycles. The standard InChI is InChI=1S/C21H22ClNO4/c1-14-4-5-15(2)19-18(14)21(26-11-3-12-27-21)20(24)23(19)10-13-25-17-8-6-16(22)7-9-17/h4-9H,3,10-13H2,1-2H3. The van der Waals surface area contributed by atoms with Crippen LogP contribution < -0.4 is 9.64 Å². The molecule has 0 atom stereocenters. The first kappa shape index (κ1) is 18.3. The maximum atomic E-state index is 13.3. The zero-order chi connectivity index (χ0) is 19.0. The Hall–Kier alpha value is -2.08. The first-order valence-electron chi connectivity index (χ1n) is 9.12. The van der Waals surface area contributed by atoms with E-state index in [1.807, 2.05) is 38.1 Å². The average Bonchev–Trinajstić information content (AvgIpc) is 2.91. The number of benzene rings is 2. The summed E-state index contributed by atoms with van der Waals surface area (Å²) in [5.41, 5.74) is 3.72. The van der Waals surface area contributed by atoms with Crippen molar-refractivity contribution in [2.24, 2.45) is 0 Å². The van der Waals surface area contributed by atoms with Crippen LogP contribution in [0.25, 0.3) is 0 Å². The molecular weight excluding hydrogens is 366 g/mol. The average molecular weight is 388 g/mol. The Labute approximate surface area is 163 Å². The minimum Gasteiger partial charge on any atom is -0.492 e. The van der Waals surface area contributed by atoms with Gasteiger partial charge in [-0.2, -0.15) is 0 Å². The Kier molecular flexibility index (Phi) is 4.84. The molecule has 2 aromatic rings. The van der Waals surface area contributed by atoms with Crippen molar-refractivity contribution in [2.75, 3.05) is 31.3 Å². The molecule has 2 aromatic carbocycles. The highest BCUT2D eigenvalue weighted by Gasteiger charge is 2.56. The number of hydrogen-bond donors (Lipinski definition) is 0. The van der Waals surface area contributed by atoms with Gasteiger partial charge in [-0.05, 0) is 55.7 Å². The van der Waals surface area contributed by atoms with Crippen LogP contribution in [0.15, 0.2) is 36.4 Å². The molecule has 1 spiro atoms. The van der Waals surface area contributed by atoms with Gasteiger partial charge in [0.25, 0.3) is 11.7 Å². The highest BCUT2D eigenvalue weighted by molar-refractivity contribution is 6.30. The summed E-state index contributed by atoms with van der Waals surface area (Å²) < 4.78 is 17.7. The molecule has 0 aromatic heterocycles. The van der Waals surface area contributed by atoms with E-state index in [0.29, 0.717) is 37.1 Å². The molecule has 0 unspecified atom stereocenters. The quantitative estimate of drug-likeness (QED) is 0.796. The zero-order valence-electron chi connectivity index (χ0n) is 15.5. The molecule has 1 fully saturated rings. The van der Waals surface area contributed by atoms with Gasteiger partial charge >= 0.3 is 0 Å². The van der Waals surface area contributed by atoms with E-state index in [9.17, 15) is 4.79 Å². The summed E-state index contributed by atoms with van der Waals surface area (Å²) in [6.07, 6.45) is 0.787. The van der Waals surface area contributed by atoms with Gasteiger partial charge in [0.05, 0.1) is 25.4 Å². The van der Waals surface area contributed by atoms with Gasteiger partial charge in [-0.1, -0.05) is 23.7 Å². The van der Waals surface area contributed by atoms with Gasteiger partial charge in [-0.25, -0.2) is 0 Å². The molecule has 2 aliphatic rings. The van der Waals surface area contributed by atoms with Gasteiger partial charge in [-0.3, -0.25) is 4.79 Å². The second-order valence-corrected chi connectivity index (χ2v) is 7.29. The maximum absolute atomic E-state index is 13.3. The molecule has 27 heavy (non-hydrogen) atoms. The van der Waals surface area contributed by atoms with Crippen molar-refractivity contribution in [3.63, 3.8) is 0 Å². The Morgan fingerprint density at radius 2 is 1.74 bits per heavy atom. The lowest BCUT2D eigenvalue weighted by atomic mass is 9.97. The van der Waals surface area contributed by atoms with Crippen LogP contribution in [-0.4, -0.2) is 32.3 Å². The lowest BCUT2D eigenvalue weighted by molar-refractivity contribution is -0.257. The molecule has 0 radical (unpaired) electrons. The minimum atomic E-state index is -1.32. The fourth-order valence-corrected chi connectivity index (χ4v) is 3.87. The maximum Gasteiger partial charge on any atom is 0.292 e. The van der Waals surface area contributed by atoms with Crippen molar-refractivity contribution < 1.29 is 19.0 Å². The van der Waals surface area contributed by atoms with Crippen LogP contribution in [-0.2, 0) is 20.1 Å². The fraction of sp³-hybridized carbons (Fsp3) is 0.381. The highest BCUT2D eigenvalue weighted by Crippen LogP contribution is 2.48. The summed E-state index contributed by atoms with van der Waals surface area (Å²) >= 11 is 5.90. The zero-order valence-corrected chi connectivity index (χ0v) is 16.2. The number of rotatable bonds is 4. The van der Waals surface area contributed by atoms with Crippen LogP contribution in [0.3, 0.4) is 0 Å². The molecule has 6 heteroatoms. The summed E-state index contributed by atoms with van der Waals surface area (Å²) in [6, 6.07) is 11.2. The number of fused-ring (bicyclic) bond motifs is 2. The molecule has 142 valence electrons. The molecule has 0 bridgehead atoms. The number of carbonyl (C=O) groups is 1. The third-order valence-corrected chi connectivity index (χ3v) is 5.26. The molecule has 4 rings (SSSR count). The number of ether oxygens (including phenoxy) is 3. The van der Waals surface area contributed by atoms with Crippen LogP contribution >= 0.6 is 11.6 Å². The number of carbonyl (C=O) groups excluding carboxylic acids is 1. The monoisotopic (exact) mass is 387 g/mol. The highest BCUT2D eigenvalue weighted by atomic mass is 35.5. The lowest BCUT2D eigenvalue weighted by Crippen LogP contribution is -2.48. The third-order valence-electron chi connectivity index (χ3n) is 5.01. The number of aryl methyl sites for hydroxylation is 2. The van der Waals surface area contributed by atoms with Crippen LogP contribution in [0.2, 0.25) is 5.02 Å². The largest absolute Gasteiger partial charge is 0.492 e. The van der Waals surface area contributed by atoms with Crippen LogP contribution in [0.4, 0.5) is 5.69 Å². The fourth-order valence-electron chi connectivity index (χ4n) is 3.74. The van der Waals surface area contributed by atoms with Crippen molar-refractivity contribution in [3.05, 3.63) is 58.1 Å². The van der Waals surface area contributed by atoms with Crippen molar-refractivity contribution in [1.29, 1.82) is 0 Å². The van der Waals surface area contributed by atoms with E-state index in [2.05, 4.69) is 0 Å². The summed E-state index contributed by atoms with van der Waals surface area (Å²) in [6.45, 7) is 5.77. The topological polar surface area (TPSA) is 48.0 Å². The van der Waals surface area contributed by atoms with Crippen molar-refractivity contribution in [1.82, 2.24) is 0 Å². The molecule has 5 nitrogen and oxygen atoms in total. The number of anilines is 1. The number of amides is 1. The normalized spacial score (nSPS) is 18.0. The lowest BCUT2D eigenvalue weighted by Gasteiger charge is -2.33. The van der Waals surface area contributed by atoms with Gasteiger partial charge in [0.1, 0.15) is 12.4 Å². The summed E-state index contributed by atoms with van der Waals surface area (Å²) in [7, 11) is 0. The SMILES string of the molecule is Cc1ccc(C)c2c1N(CCOc1ccc(Cl)cc1)C(=O)C21OCCCO1. The van der Waals surface area contributed by atoms with E-state index in [1.54, 1.807) is 17.0 Å². The Bertz CT molecular complexity index is 859. The van der Waals surface area contributed by atoms with Gasteiger partial charge in [0.15, 0.2) is 0 Å². The summed E-state index contributed by atoms with van der Waals surface area (Å²) in [4.78, 5) is 15.1.